The van der Waals surface area contributed by atoms with Gasteiger partial charge < -0.3 is 14.8 Å². The van der Waals surface area contributed by atoms with Gasteiger partial charge in [0, 0.05) is 11.8 Å². The van der Waals surface area contributed by atoms with Crippen LogP contribution in [0.4, 0.5) is 17.3 Å². The number of nitrogens with zero attached hydrogens (tertiary/aromatic N) is 2. The van der Waals surface area contributed by atoms with Gasteiger partial charge in [-0.15, -0.1) is 0 Å². The number of nitrogens with one attached hydrogen (secondary N) is 2. The molecular weight excluding hydrogens is 416 g/mol. The van der Waals surface area contributed by atoms with Crippen LogP contribution in [0.5, 0.6) is 11.5 Å². The maximum Gasteiger partial charge on any atom is 0.263 e. The topological polar surface area (TPSA) is 102 Å². The number of aromatic nitrogens is 2. The molecule has 0 bridgehead atoms. The second-order valence-electron chi connectivity index (χ2n) is 6.81. The normalized spacial score (nSPS) is 13.0. The van der Waals surface area contributed by atoms with Crippen LogP contribution in [0.15, 0.2) is 77.7 Å². The summed E-state index contributed by atoms with van der Waals surface area (Å²) in [5.74, 6) is 1.30. The zero-order valence-electron chi connectivity index (χ0n) is 16.3. The number of para-hydroxylation sites is 3. The van der Waals surface area contributed by atoms with Crippen molar-refractivity contribution in [3.63, 3.8) is 0 Å². The second kappa shape index (κ2) is 7.77. The highest BCUT2D eigenvalue weighted by Gasteiger charge is 2.22. The van der Waals surface area contributed by atoms with Gasteiger partial charge in [0.05, 0.1) is 15.9 Å². The van der Waals surface area contributed by atoms with Crippen LogP contribution >= 0.6 is 0 Å². The summed E-state index contributed by atoms with van der Waals surface area (Å²) >= 11 is 0. The Balaban J connectivity index is 1.54. The van der Waals surface area contributed by atoms with Gasteiger partial charge in [0.1, 0.15) is 13.2 Å². The van der Waals surface area contributed by atoms with E-state index in [2.05, 4.69) is 20.0 Å². The molecule has 0 atom stereocenters. The first kappa shape index (κ1) is 19.1. The maximum atomic E-state index is 13.1. The minimum Gasteiger partial charge on any atom is -0.486 e. The summed E-state index contributed by atoms with van der Waals surface area (Å²) in [6, 6.07) is 21.1. The van der Waals surface area contributed by atoms with E-state index in [1.54, 1.807) is 12.1 Å². The number of fused-ring (bicyclic) bond motifs is 2. The molecule has 8 nitrogen and oxygen atoms in total. The van der Waals surface area contributed by atoms with Gasteiger partial charge in [-0.2, -0.15) is 0 Å². The van der Waals surface area contributed by atoms with E-state index in [4.69, 9.17) is 9.47 Å². The van der Waals surface area contributed by atoms with Crippen molar-refractivity contribution in [2.75, 3.05) is 23.3 Å². The number of hydrogen-bond acceptors (Lipinski definition) is 7. The Labute approximate surface area is 178 Å². The first-order valence-corrected chi connectivity index (χ1v) is 11.1. The molecule has 1 aliphatic heterocycles. The van der Waals surface area contributed by atoms with Gasteiger partial charge in [-0.25, -0.2) is 18.4 Å². The van der Waals surface area contributed by atoms with Gasteiger partial charge in [-0.1, -0.05) is 30.3 Å². The third-order valence-electron chi connectivity index (χ3n) is 4.66. The van der Waals surface area contributed by atoms with Crippen LogP contribution < -0.4 is 19.5 Å². The molecule has 2 heterocycles. The number of anilines is 3. The third-order valence-corrected chi connectivity index (χ3v) is 6.00. The molecular formula is C22H18N4O4S. The molecule has 0 saturated heterocycles. The van der Waals surface area contributed by atoms with Crippen molar-refractivity contribution in [2.24, 2.45) is 0 Å². The molecule has 0 aliphatic carbocycles. The molecule has 1 aliphatic rings. The summed E-state index contributed by atoms with van der Waals surface area (Å²) < 4.78 is 39.8. The Hall–Kier alpha value is -3.85. The molecule has 0 saturated carbocycles. The lowest BCUT2D eigenvalue weighted by Gasteiger charge is -2.19. The average Bonchev–Trinajstić information content (AvgIpc) is 2.79. The van der Waals surface area contributed by atoms with Crippen molar-refractivity contribution in [3.05, 3.63) is 72.8 Å². The van der Waals surface area contributed by atoms with E-state index < -0.39 is 10.0 Å². The van der Waals surface area contributed by atoms with Crippen molar-refractivity contribution >= 4 is 38.4 Å². The average molecular weight is 434 g/mol. The smallest absolute Gasteiger partial charge is 0.263 e. The molecule has 0 radical (unpaired) electrons. The first-order chi connectivity index (χ1) is 15.1. The van der Waals surface area contributed by atoms with Crippen LogP contribution in [0, 0.1) is 0 Å². The predicted octanol–water partition coefficient (Wildman–Crippen LogP) is 3.95. The molecule has 5 rings (SSSR count). The minimum atomic E-state index is -3.96. The van der Waals surface area contributed by atoms with Gasteiger partial charge in [0.15, 0.2) is 23.1 Å². The molecule has 9 heteroatoms. The zero-order chi connectivity index (χ0) is 21.3. The van der Waals surface area contributed by atoms with Crippen LogP contribution in [0.25, 0.3) is 11.0 Å². The second-order valence-corrected chi connectivity index (χ2v) is 8.49. The van der Waals surface area contributed by atoms with Crippen molar-refractivity contribution in [3.8, 4) is 11.5 Å². The van der Waals surface area contributed by atoms with E-state index in [9.17, 15) is 8.42 Å². The Morgan fingerprint density at radius 1 is 0.742 bits per heavy atom. The van der Waals surface area contributed by atoms with Crippen molar-refractivity contribution in [1.29, 1.82) is 0 Å². The van der Waals surface area contributed by atoms with E-state index in [1.165, 1.54) is 12.1 Å². The molecule has 0 amide bonds. The first-order valence-electron chi connectivity index (χ1n) is 9.60. The van der Waals surface area contributed by atoms with Crippen molar-refractivity contribution in [1.82, 2.24) is 9.97 Å². The standard InChI is InChI=1S/C22H18N4O4S/c27-31(28,16-10-11-19-20(14-16)30-13-12-29-19)26-22-21(23-15-6-2-1-3-7-15)24-17-8-4-5-9-18(17)25-22/h1-11,14H,12-13H2,(H,23,24)(H,25,26). The van der Waals surface area contributed by atoms with Crippen LogP contribution in [-0.4, -0.2) is 31.6 Å². The summed E-state index contributed by atoms with van der Waals surface area (Å²) in [5.41, 5.74) is 1.97. The number of benzene rings is 3. The lowest BCUT2D eigenvalue weighted by atomic mass is 10.3. The van der Waals surface area contributed by atoms with Crippen molar-refractivity contribution < 1.29 is 17.9 Å². The fourth-order valence-electron chi connectivity index (χ4n) is 3.19. The molecule has 0 fully saturated rings. The maximum absolute atomic E-state index is 13.1. The summed E-state index contributed by atoms with van der Waals surface area (Å²) in [4.78, 5) is 9.11. The third kappa shape index (κ3) is 3.95. The van der Waals surface area contributed by atoms with E-state index in [0.29, 0.717) is 41.6 Å². The predicted molar refractivity (Wildman–Crippen MR) is 118 cm³/mol. The fraction of sp³-hybridized carbons (Fsp3) is 0.0909. The SMILES string of the molecule is O=S(=O)(Nc1nc2ccccc2nc1Nc1ccccc1)c1ccc2c(c1)OCCO2. The molecule has 156 valence electrons. The Kier molecular flexibility index (Phi) is 4.79. The van der Waals surface area contributed by atoms with Crippen molar-refractivity contribution in [2.45, 2.75) is 4.90 Å². The zero-order valence-corrected chi connectivity index (χ0v) is 17.1. The Morgan fingerprint density at radius 2 is 1.39 bits per heavy atom. The largest absolute Gasteiger partial charge is 0.486 e. The van der Waals surface area contributed by atoms with Gasteiger partial charge in [-0.05, 0) is 36.4 Å². The number of ether oxygens (including phenoxy) is 2. The van der Waals surface area contributed by atoms with Gasteiger partial charge >= 0.3 is 0 Å². The fourth-order valence-corrected chi connectivity index (χ4v) is 4.22. The summed E-state index contributed by atoms with van der Waals surface area (Å²) in [7, 11) is -3.96. The Morgan fingerprint density at radius 3 is 2.13 bits per heavy atom. The van der Waals surface area contributed by atoms with E-state index in [0.717, 1.165) is 5.69 Å². The van der Waals surface area contributed by atoms with Crippen LogP contribution in [0.3, 0.4) is 0 Å². The lowest BCUT2D eigenvalue weighted by molar-refractivity contribution is 0.171. The molecule has 31 heavy (non-hydrogen) atoms. The lowest BCUT2D eigenvalue weighted by Crippen LogP contribution is -2.18. The highest BCUT2D eigenvalue weighted by Crippen LogP contribution is 2.33. The molecule has 1 aromatic heterocycles. The van der Waals surface area contributed by atoms with Crippen LogP contribution in [0.1, 0.15) is 0 Å². The molecule has 3 aromatic carbocycles. The molecule has 2 N–H and O–H groups in total. The molecule has 0 unspecified atom stereocenters. The van der Waals surface area contributed by atoms with E-state index in [1.807, 2.05) is 48.5 Å². The number of rotatable bonds is 5. The summed E-state index contributed by atoms with van der Waals surface area (Å²) in [5, 5.41) is 3.14. The number of hydrogen-bond donors (Lipinski definition) is 2. The van der Waals surface area contributed by atoms with Gasteiger partial charge in [0.2, 0.25) is 0 Å². The minimum absolute atomic E-state index is 0.0392. The quantitative estimate of drug-likeness (QED) is 0.490. The highest BCUT2D eigenvalue weighted by atomic mass is 32.2. The Bertz CT molecular complexity index is 1360. The monoisotopic (exact) mass is 434 g/mol. The van der Waals surface area contributed by atoms with E-state index in [-0.39, 0.29) is 10.7 Å². The number of sulfonamides is 1. The van der Waals surface area contributed by atoms with Crippen LogP contribution in [0.2, 0.25) is 0 Å². The molecule has 4 aromatic rings. The summed E-state index contributed by atoms with van der Waals surface area (Å²) in [6.07, 6.45) is 0. The summed E-state index contributed by atoms with van der Waals surface area (Å²) in [6.45, 7) is 0.795. The molecule has 0 spiro atoms. The van der Waals surface area contributed by atoms with Crippen LogP contribution in [-0.2, 0) is 10.0 Å². The van der Waals surface area contributed by atoms with Gasteiger partial charge in [-0.3, -0.25) is 4.72 Å². The van der Waals surface area contributed by atoms with Gasteiger partial charge in [0.25, 0.3) is 10.0 Å². The highest BCUT2D eigenvalue weighted by molar-refractivity contribution is 7.92. The van der Waals surface area contributed by atoms with E-state index >= 15 is 0 Å².